The molecule has 0 aromatic carbocycles. The zero-order valence-electron chi connectivity index (χ0n) is 9.65. The van der Waals surface area contributed by atoms with E-state index >= 15 is 0 Å². The number of rotatable bonds is 2. The van der Waals surface area contributed by atoms with Gasteiger partial charge in [0.25, 0.3) is 0 Å². The number of ether oxygens (including phenoxy) is 1. The molecule has 1 aromatic heterocycles. The van der Waals surface area contributed by atoms with Crippen molar-refractivity contribution < 1.29 is 13.9 Å². The minimum atomic E-state index is -0.462. The number of hydrogen-bond acceptors (Lipinski definition) is 3. The summed E-state index contributed by atoms with van der Waals surface area (Å²) >= 11 is 0. The molecule has 4 nitrogen and oxygen atoms in total. The van der Waals surface area contributed by atoms with Gasteiger partial charge in [-0.25, -0.2) is 4.39 Å². The summed E-state index contributed by atoms with van der Waals surface area (Å²) in [4.78, 5) is 15.6. The van der Waals surface area contributed by atoms with Crippen LogP contribution < -0.4 is 5.32 Å². The van der Waals surface area contributed by atoms with Crippen molar-refractivity contribution >= 4 is 11.6 Å². The zero-order chi connectivity index (χ0) is 12.3. The Morgan fingerprint density at radius 3 is 3.12 bits per heavy atom. The third-order valence-electron chi connectivity index (χ3n) is 2.92. The molecule has 1 aromatic rings. The number of hydrogen-bond donors (Lipinski definition) is 1. The Labute approximate surface area is 99.2 Å². The highest BCUT2D eigenvalue weighted by Crippen LogP contribution is 2.22. The van der Waals surface area contributed by atoms with E-state index in [2.05, 4.69) is 10.3 Å². The second-order valence-electron chi connectivity index (χ2n) is 4.21. The lowest BCUT2D eigenvalue weighted by molar-refractivity contribution is -0.127. The van der Waals surface area contributed by atoms with Crippen LogP contribution in [0.1, 0.15) is 19.8 Å². The lowest BCUT2D eigenvalue weighted by Crippen LogP contribution is -2.36. The molecule has 92 valence electrons. The fourth-order valence-electron chi connectivity index (χ4n) is 1.98. The molecule has 0 saturated carbocycles. The number of pyridine rings is 1. The first-order valence-electron chi connectivity index (χ1n) is 5.70. The summed E-state index contributed by atoms with van der Waals surface area (Å²) < 4.78 is 18.3. The molecule has 2 heterocycles. The van der Waals surface area contributed by atoms with Crippen molar-refractivity contribution in [2.24, 2.45) is 5.92 Å². The monoisotopic (exact) mass is 238 g/mol. The van der Waals surface area contributed by atoms with Crippen molar-refractivity contribution in [3.05, 3.63) is 24.3 Å². The van der Waals surface area contributed by atoms with Crippen LogP contribution in [0, 0.1) is 11.7 Å². The smallest absolute Gasteiger partial charge is 0.230 e. The minimum absolute atomic E-state index is 0.0923. The summed E-state index contributed by atoms with van der Waals surface area (Å²) in [6, 6.07) is 1.25. The van der Waals surface area contributed by atoms with Gasteiger partial charge in [0.1, 0.15) is 5.82 Å². The van der Waals surface area contributed by atoms with Gasteiger partial charge in [-0.15, -0.1) is 0 Å². The van der Waals surface area contributed by atoms with Crippen molar-refractivity contribution in [1.82, 2.24) is 4.98 Å². The summed E-state index contributed by atoms with van der Waals surface area (Å²) in [7, 11) is 0. The van der Waals surface area contributed by atoms with Crippen LogP contribution in [0.2, 0.25) is 0 Å². The van der Waals surface area contributed by atoms with Crippen LogP contribution in [-0.4, -0.2) is 23.6 Å². The van der Waals surface area contributed by atoms with E-state index in [0.29, 0.717) is 12.3 Å². The standard InChI is InChI=1S/C12H15FN2O2/c1-8-11(3-2-4-17-8)12(16)15-10-5-9(13)6-14-7-10/h5-8,11H,2-4H2,1H3,(H,15,16)/t8-,11-/m0/s1. The number of aromatic nitrogens is 1. The molecular weight excluding hydrogens is 223 g/mol. The van der Waals surface area contributed by atoms with Gasteiger partial charge in [0.2, 0.25) is 5.91 Å². The lowest BCUT2D eigenvalue weighted by Gasteiger charge is -2.27. The molecule has 1 aliphatic heterocycles. The fraction of sp³-hybridized carbons (Fsp3) is 0.500. The van der Waals surface area contributed by atoms with Crippen LogP contribution in [-0.2, 0) is 9.53 Å². The van der Waals surface area contributed by atoms with Gasteiger partial charge < -0.3 is 10.1 Å². The highest BCUT2D eigenvalue weighted by Gasteiger charge is 2.28. The van der Waals surface area contributed by atoms with Crippen molar-refractivity contribution in [2.75, 3.05) is 11.9 Å². The second-order valence-corrected chi connectivity index (χ2v) is 4.21. The topological polar surface area (TPSA) is 51.2 Å². The van der Waals surface area contributed by atoms with Gasteiger partial charge in [0, 0.05) is 12.7 Å². The lowest BCUT2D eigenvalue weighted by atomic mass is 9.94. The molecular formula is C12H15FN2O2. The number of halogens is 1. The van der Waals surface area contributed by atoms with Crippen LogP contribution in [0.25, 0.3) is 0 Å². The fourth-order valence-corrected chi connectivity index (χ4v) is 1.98. The van der Waals surface area contributed by atoms with E-state index in [0.717, 1.165) is 19.0 Å². The SMILES string of the molecule is C[C@@H]1OCCC[C@@H]1C(=O)Nc1cncc(F)c1. The first kappa shape index (κ1) is 12.0. The third-order valence-corrected chi connectivity index (χ3v) is 2.92. The van der Waals surface area contributed by atoms with Gasteiger partial charge in [-0.1, -0.05) is 0 Å². The number of nitrogens with one attached hydrogen (secondary N) is 1. The van der Waals surface area contributed by atoms with Gasteiger partial charge in [-0.05, 0) is 19.8 Å². The molecule has 0 spiro atoms. The summed E-state index contributed by atoms with van der Waals surface area (Å²) in [5.41, 5.74) is 0.382. The van der Waals surface area contributed by atoms with E-state index in [9.17, 15) is 9.18 Å². The van der Waals surface area contributed by atoms with Gasteiger partial charge in [0.15, 0.2) is 0 Å². The van der Waals surface area contributed by atoms with Crippen LogP contribution in [0.5, 0.6) is 0 Å². The Bertz CT molecular complexity index is 411. The van der Waals surface area contributed by atoms with E-state index in [1.165, 1.54) is 12.3 Å². The molecule has 17 heavy (non-hydrogen) atoms. The maximum atomic E-state index is 12.9. The van der Waals surface area contributed by atoms with Gasteiger partial charge >= 0.3 is 0 Å². The summed E-state index contributed by atoms with van der Waals surface area (Å²) in [6.45, 7) is 2.58. The van der Waals surface area contributed by atoms with E-state index in [4.69, 9.17) is 4.74 Å². The number of carbonyl (C=O) groups is 1. The number of amides is 1. The molecule has 5 heteroatoms. The summed E-state index contributed by atoms with van der Waals surface area (Å²) in [6.07, 6.45) is 4.11. The first-order chi connectivity index (χ1) is 8.16. The molecule has 0 unspecified atom stereocenters. The Morgan fingerprint density at radius 1 is 1.59 bits per heavy atom. The first-order valence-corrected chi connectivity index (χ1v) is 5.70. The quantitative estimate of drug-likeness (QED) is 0.857. The predicted octanol–water partition coefficient (Wildman–Crippen LogP) is 1.97. The molecule has 1 N–H and O–H groups in total. The van der Waals surface area contributed by atoms with Crippen LogP contribution in [0.3, 0.4) is 0 Å². The van der Waals surface area contributed by atoms with Crippen molar-refractivity contribution in [1.29, 1.82) is 0 Å². The Balaban J connectivity index is 2.01. The van der Waals surface area contributed by atoms with Gasteiger partial charge in [-0.3, -0.25) is 9.78 Å². The number of anilines is 1. The van der Waals surface area contributed by atoms with E-state index < -0.39 is 5.82 Å². The maximum Gasteiger partial charge on any atom is 0.230 e. The van der Waals surface area contributed by atoms with Crippen LogP contribution >= 0.6 is 0 Å². The molecule has 2 atom stereocenters. The average molecular weight is 238 g/mol. The Hall–Kier alpha value is -1.49. The summed E-state index contributed by atoms with van der Waals surface area (Å²) in [5, 5.41) is 2.66. The number of carbonyl (C=O) groups excluding carboxylic acids is 1. The molecule has 1 amide bonds. The van der Waals surface area contributed by atoms with E-state index in [1.807, 2.05) is 6.92 Å². The molecule has 1 aliphatic rings. The minimum Gasteiger partial charge on any atom is -0.378 e. The van der Waals surface area contributed by atoms with Crippen LogP contribution in [0.4, 0.5) is 10.1 Å². The highest BCUT2D eigenvalue weighted by atomic mass is 19.1. The highest BCUT2D eigenvalue weighted by molar-refractivity contribution is 5.92. The molecule has 0 aliphatic carbocycles. The molecule has 0 radical (unpaired) electrons. The number of nitrogens with zero attached hydrogens (tertiary/aromatic N) is 1. The second kappa shape index (κ2) is 5.23. The van der Waals surface area contributed by atoms with Crippen LogP contribution in [0.15, 0.2) is 18.5 Å². The van der Waals surface area contributed by atoms with Crippen molar-refractivity contribution in [3.63, 3.8) is 0 Å². The summed E-state index contributed by atoms with van der Waals surface area (Å²) in [5.74, 6) is -0.771. The Morgan fingerprint density at radius 2 is 2.41 bits per heavy atom. The average Bonchev–Trinajstić information content (AvgIpc) is 2.29. The maximum absolute atomic E-state index is 12.9. The molecule has 1 saturated heterocycles. The Kier molecular flexibility index (Phi) is 3.68. The van der Waals surface area contributed by atoms with Gasteiger partial charge in [0.05, 0.1) is 30.1 Å². The van der Waals surface area contributed by atoms with E-state index in [1.54, 1.807) is 0 Å². The van der Waals surface area contributed by atoms with E-state index in [-0.39, 0.29) is 17.9 Å². The zero-order valence-corrected chi connectivity index (χ0v) is 9.65. The van der Waals surface area contributed by atoms with Crippen molar-refractivity contribution in [2.45, 2.75) is 25.9 Å². The third kappa shape index (κ3) is 3.00. The van der Waals surface area contributed by atoms with Crippen molar-refractivity contribution in [3.8, 4) is 0 Å². The predicted molar refractivity (Wildman–Crippen MR) is 61.0 cm³/mol. The van der Waals surface area contributed by atoms with Gasteiger partial charge in [-0.2, -0.15) is 0 Å². The molecule has 0 bridgehead atoms. The molecule has 2 rings (SSSR count). The molecule has 1 fully saturated rings. The normalized spacial score (nSPS) is 24.4. The largest absolute Gasteiger partial charge is 0.378 e.